The molecule has 0 aliphatic carbocycles. The molecule has 0 radical (unpaired) electrons. The Bertz CT molecular complexity index is 635. The van der Waals surface area contributed by atoms with E-state index in [1.807, 2.05) is 36.6 Å². The second kappa shape index (κ2) is 10.9. The Balaban J connectivity index is 2.00. The summed E-state index contributed by atoms with van der Waals surface area (Å²) in [7, 11) is 0. The lowest BCUT2D eigenvalue weighted by molar-refractivity contribution is -0.142. The third-order valence-corrected chi connectivity index (χ3v) is 5.16. The molecule has 0 aromatic heterocycles. The number of benzene rings is 1. The van der Waals surface area contributed by atoms with Crippen molar-refractivity contribution in [1.82, 2.24) is 16.0 Å². The normalized spacial score (nSPS) is 18.5. The van der Waals surface area contributed by atoms with Crippen LogP contribution in [-0.4, -0.2) is 59.6 Å². The van der Waals surface area contributed by atoms with E-state index in [1.54, 1.807) is 11.8 Å². The maximum absolute atomic E-state index is 12.7. The summed E-state index contributed by atoms with van der Waals surface area (Å²) in [4.78, 5) is 36.6. The van der Waals surface area contributed by atoms with Gasteiger partial charge in [0.25, 0.3) is 0 Å². The number of rotatable bonds is 10. The van der Waals surface area contributed by atoms with Crippen LogP contribution in [0.4, 0.5) is 0 Å². The number of thioether (sulfide) groups is 1. The minimum absolute atomic E-state index is 0.190. The lowest BCUT2D eigenvalue weighted by atomic mass is 10.1. The van der Waals surface area contributed by atoms with Gasteiger partial charge in [0.05, 0.1) is 6.04 Å². The van der Waals surface area contributed by atoms with Crippen LogP contribution in [0.2, 0.25) is 0 Å². The molecule has 4 N–H and O–H groups in total. The Morgan fingerprint density at radius 2 is 1.96 bits per heavy atom. The van der Waals surface area contributed by atoms with E-state index >= 15 is 0 Å². The molecular weight excluding hydrogens is 366 g/mol. The average molecular weight is 394 g/mol. The monoisotopic (exact) mass is 393 g/mol. The largest absolute Gasteiger partial charge is 0.480 e. The van der Waals surface area contributed by atoms with E-state index in [-0.39, 0.29) is 18.4 Å². The molecule has 3 atom stereocenters. The van der Waals surface area contributed by atoms with Gasteiger partial charge in [-0.3, -0.25) is 9.59 Å². The van der Waals surface area contributed by atoms with E-state index in [0.29, 0.717) is 12.2 Å². The standard InChI is InChI=1S/C19H27N3O4S/c1-27-11-9-15(21-17(23)14-8-5-10-20-14)18(24)22-16(19(25)26)12-13-6-3-2-4-7-13/h2-4,6-7,14-16,20H,5,8-12H2,1H3,(H,21,23)(H,22,24)(H,25,26). The van der Waals surface area contributed by atoms with Gasteiger partial charge in [0.1, 0.15) is 12.1 Å². The number of carbonyl (C=O) groups is 3. The van der Waals surface area contributed by atoms with Crippen molar-refractivity contribution in [2.75, 3.05) is 18.6 Å². The van der Waals surface area contributed by atoms with Crippen molar-refractivity contribution < 1.29 is 19.5 Å². The van der Waals surface area contributed by atoms with Gasteiger partial charge in [0, 0.05) is 6.42 Å². The number of hydrogen-bond donors (Lipinski definition) is 4. The molecule has 148 valence electrons. The lowest BCUT2D eigenvalue weighted by Crippen LogP contribution is -2.54. The van der Waals surface area contributed by atoms with Crippen molar-refractivity contribution in [3.63, 3.8) is 0 Å². The van der Waals surface area contributed by atoms with Gasteiger partial charge < -0.3 is 21.1 Å². The quantitative estimate of drug-likeness (QED) is 0.468. The number of hydrogen-bond acceptors (Lipinski definition) is 5. The van der Waals surface area contributed by atoms with Gasteiger partial charge in [-0.25, -0.2) is 4.79 Å². The Morgan fingerprint density at radius 1 is 1.22 bits per heavy atom. The number of aliphatic carboxylic acids is 1. The van der Waals surface area contributed by atoms with Crippen molar-refractivity contribution in [3.8, 4) is 0 Å². The van der Waals surface area contributed by atoms with E-state index in [2.05, 4.69) is 16.0 Å². The van der Waals surface area contributed by atoms with Crippen LogP contribution in [0.15, 0.2) is 30.3 Å². The Morgan fingerprint density at radius 3 is 2.56 bits per heavy atom. The third-order valence-electron chi connectivity index (χ3n) is 4.52. The molecule has 1 aliphatic rings. The van der Waals surface area contributed by atoms with Gasteiger partial charge >= 0.3 is 5.97 Å². The summed E-state index contributed by atoms with van der Waals surface area (Å²) < 4.78 is 0. The predicted molar refractivity (Wildman–Crippen MR) is 106 cm³/mol. The molecule has 1 fully saturated rings. The van der Waals surface area contributed by atoms with Crippen LogP contribution in [0.5, 0.6) is 0 Å². The van der Waals surface area contributed by atoms with Crippen LogP contribution >= 0.6 is 11.8 Å². The van der Waals surface area contributed by atoms with E-state index < -0.39 is 24.0 Å². The van der Waals surface area contributed by atoms with Gasteiger partial charge in [-0.1, -0.05) is 30.3 Å². The van der Waals surface area contributed by atoms with Gasteiger partial charge in [0.2, 0.25) is 11.8 Å². The SMILES string of the molecule is CSCCC(NC(=O)C1CCCN1)C(=O)NC(Cc1ccccc1)C(=O)O. The smallest absolute Gasteiger partial charge is 0.326 e. The lowest BCUT2D eigenvalue weighted by Gasteiger charge is -2.23. The van der Waals surface area contributed by atoms with E-state index in [0.717, 1.165) is 24.9 Å². The highest BCUT2D eigenvalue weighted by atomic mass is 32.2. The summed E-state index contributed by atoms with van der Waals surface area (Å²) in [6, 6.07) is 7.07. The second-order valence-electron chi connectivity index (χ2n) is 6.58. The molecule has 2 amide bonds. The number of carboxylic acids is 1. The van der Waals surface area contributed by atoms with Crippen LogP contribution in [-0.2, 0) is 20.8 Å². The molecule has 2 rings (SSSR count). The Hall–Kier alpha value is -2.06. The molecule has 1 heterocycles. The fourth-order valence-corrected chi connectivity index (χ4v) is 3.48. The molecule has 8 heteroatoms. The van der Waals surface area contributed by atoms with Crippen molar-refractivity contribution in [2.45, 2.75) is 43.8 Å². The van der Waals surface area contributed by atoms with Gasteiger partial charge in [-0.2, -0.15) is 11.8 Å². The van der Waals surface area contributed by atoms with E-state index in [1.165, 1.54) is 0 Å². The first kappa shape index (κ1) is 21.2. The third kappa shape index (κ3) is 6.88. The molecule has 1 aromatic rings. The van der Waals surface area contributed by atoms with Crippen LogP contribution in [0.1, 0.15) is 24.8 Å². The average Bonchev–Trinajstić information content (AvgIpc) is 3.20. The highest BCUT2D eigenvalue weighted by Crippen LogP contribution is 2.08. The predicted octanol–water partition coefficient (Wildman–Crippen LogP) is 0.788. The molecule has 3 unspecified atom stereocenters. The highest BCUT2D eigenvalue weighted by molar-refractivity contribution is 7.98. The summed E-state index contributed by atoms with van der Waals surface area (Å²) in [5, 5.41) is 18.0. The fraction of sp³-hybridized carbons (Fsp3) is 0.526. The van der Waals surface area contributed by atoms with Crippen molar-refractivity contribution in [3.05, 3.63) is 35.9 Å². The molecule has 0 saturated carbocycles. The molecule has 0 bridgehead atoms. The maximum Gasteiger partial charge on any atom is 0.326 e. The minimum atomic E-state index is -1.10. The van der Waals surface area contributed by atoms with Gasteiger partial charge in [0.15, 0.2) is 0 Å². The molecular formula is C19H27N3O4S. The number of carboxylic acid groups (broad SMARTS) is 1. The van der Waals surface area contributed by atoms with Crippen molar-refractivity contribution in [2.24, 2.45) is 0 Å². The summed E-state index contributed by atoms with van der Waals surface area (Å²) in [6.07, 6.45) is 4.23. The molecule has 0 spiro atoms. The molecule has 1 aromatic carbocycles. The minimum Gasteiger partial charge on any atom is -0.480 e. The van der Waals surface area contributed by atoms with Gasteiger partial charge in [-0.15, -0.1) is 0 Å². The molecule has 1 aliphatic heterocycles. The first-order valence-corrected chi connectivity index (χ1v) is 10.5. The van der Waals surface area contributed by atoms with E-state index in [4.69, 9.17) is 0 Å². The van der Waals surface area contributed by atoms with Crippen LogP contribution in [0.25, 0.3) is 0 Å². The van der Waals surface area contributed by atoms with Crippen LogP contribution < -0.4 is 16.0 Å². The number of amides is 2. The molecule has 27 heavy (non-hydrogen) atoms. The van der Waals surface area contributed by atoms with Crippen molar-refractivity contribution in [1.29, 1.82) is 0 Å². The zero-order chi connectivity index (χ0) is 19.6. The Labute approximate surface area is 163 Å². The molecule has 7 nitrogen and oxygen atoms in total. The van der Waals surface area contributed by atoms with E-state index in [9.17, 15) is 19.5 Å². The summed E-state index contributed by atoms with van der Waals surface area (Å²) in [5.41, 5.74) is 0.824. The van der Waals surface area contributed by atoms with Gasteiger partial charge in [-0.05, 0) is 43.4 Å². The first-order chi connectivity index (χ1) is 13.0. The summed E-state index contributed by atoms with van der Waals surface area (Å²) in [5.74, 6) is -1.07. The maximum atomic E-state index is 12.7. The first-order valence-electron chi connectivity index (χ1n) is 9.11. The number of carbonyl (C=O) groups excluding carboxylic acids is 2. The van der Waals surface area contributed by atoms with Crippen LogP contribution in [0, 0.1) is 0 Å². The number of nitrogens with one attached hydrogen (secondary N) is 3. The summed E-state index contributed by atoms with van der Waals surface area (Å²) in [6.45, 7) is 0.790. The molecule has 1 saturated heterocycles. The second-order valence-corrected chi connectivity index (χ2v) is 7.57. The zero-order valence-electron chi connectivity index (χ0n) is 15.4. The van der Waals surface area contributed by atoms with Crippen molar-refractivity contribution >= 4 is 29.5 Å². The van der Waals surface area contributed by atoms with Crippen LogP contribution in [0.3, 0.4) is 0 Å². The topological polar surface area (TPSA) is 108 Å². The zero-order valence-corrected chi connectivity index (χ0v) is 16.3. The summed E-state index contributed by atoms with van der Waals surface area (Å²) >= 11 is 1.57. The fourth-order valence-electron chi connectivity index (χ4n) is 3.01. The Kier molecular flexibility index (Phi) is 8.60. The highest BCUT2D eigenvalue weighted by Gasteiger charge is 2.29.